The van der Waals surface area contributed by atoms with Gasteiger partial charge in [0.05, 0.1) is 35.9 Å². The number of amides is 6. The van der Waals surface area contributed by atoms with Crippen LogP contribution in [0.5, 0.6) is 0 Å². The summed E-state index contributed by atoms with van der Waals surface area (Å²) in [4.78, 5) is 83.1. The Balaban J connectivity index is 0.000000211. The lowest BCUT2D eigenvalue weighted by atomic mass is 9.83. The quantitative estimate of drug-likeness (QED) is 0.0787. The van der Waals surface area contributed by atoms with Crippen molar-refractivity contribution < 1.29 is 33.2 Å². The Morgan fingerprint density at radius 3 is 1.43 bits per heavy atom. The Labute approximate surface area is 429 Å². The van der Waals surface area contributed by atoms with E-state index in [0.717, 1.165) is 80.8 Å². The summed E-state index contributed by atoms with van der Waals surface area (Å²) in [6.45, 7) is 4.49. The van der Waals surface area contributed by atoms with Gasteiger partial charge in [-0.2, -0.15) is 10.2 Å². The number of benzene rings is 2. The van der Waals surface area contributed by atoms with Gasteiger partial charge < -0.3 is 41.7 Å². The highest BCUT2D eigenvalue weighted by molar-refractivity contribution is 9.10. The number of carbonyl (C=O) groups excluding carboxylic acids is 6. The van der Waals surface area contributed by atoms with Crippen molar-refractivity contribution in [3.8, 4) is 11.4 Å². The summed E-state index contributed by atoms with van der Waals surface area (Å²) in [6, 6.07) is 13.6. The molecule has 2 saturated heterocycles. The first-order valence-corrected chi connectivity index (χ1v) is 26.3. The molecule has 0 bridgehead atoms. The van der Waals surface area contributed by atoms with E-state index in [1.54, 1.807) is 72.9 Å². The predicted octanol–water partition coefficient (Wildman–Crippen LogP) is 5.85. The fourth-order valence-electron chi connectivity index (χ4n) is 10.3. The molecule has 388 valence electrons. The minimum absolute atomic E-state index is 0.0537. The summed E-state index contributed by atoms with van der Waals surface area (Å²) < 4.78 is 17.7. The molecular formula is C52H70BrFN12O6. The second-order valence-electron chi connectivity index (χ2n) is 19.4. The molecule has 0 unspecified atom stereocenters. The number of nitrogens with one attached hydrogen (secondary N) is 6. The molecule has 6 N–H and O–H groups in total. The number of anilines is 2. The van der Waals surface area contributed by atoms with Gasteiger partial charge in [0.15, 0.2) is 0 Å². The van der Waals surface area contributed by atoms with Crippen molar-refractivity contribution in [2.45, 2.75) is 140 Å². The second kappa shape index (κ2) is 25.6. The molecule has 4 aliphatic rings. The molecule has 2 aliphatic carbocycles. The first kappa shape index (κ1) is 53.8. The third-order valence-electron chi connectivity index (χ3n) is 14.6. The smallest absolute Gasteiger partial charge is 0.248 e. The fourth-order valence-corrected chi connectivity index (χ4v) is 10.7. The van der Waals surface area contributed by atoms with E-state index in [-0.39, 0.29) is 47.3 Å². The fraction of sp³-hybridized carbons (Fsp3) is 0.538. The van der Waals surface area contributed by atoms with Crippen molar-refractivity contribution in [1.29, 1.82) is 0 Å². The maximum absolute atomic E-state index is 13.8. The average Bonchev–Trinajstić information content (AvgIpc) is 4.26. The Morgan fingerprint density at radius 2 is 1.01 bits per heavy atom. The number of rotatable bonds is 16. The predicted molar refractivity (Wildman–Crippen MR) is 276 cm³/mol. The number of likely N-dealkylation sites (tertiary alicyclic amines) is 2. The van der Waals surface area contributed by atoms with Gasteiger partial charge in [-0.05, 0) is 128 Å². The molecule has 2 aliphatic heterocycles. The molecule has 72 heavy (non-hydrogen) atoms. The molecule has 0 spiro atoms. The van der Waals surface area contributed by atoms with Crippen molar-refractivity contribution in [2.24, 2.45) is 11.8 Å². The Bertz CT molecular complexity index is 2340. The van der Waals surface area contributed by atoms with Crippen LogP contribution >= 0.6 is 15.9 Å². The summed E-state index contributed by atoms with van der Waals surface area (Å²) >= 11 is 3.47. The average molecular weight is 1060 g/mol. The number of likely N-dealkylation sites (N-methyl/N-ethyl adjacent to an activating group) is 2. The van der Waals surface area contributed by atoms with Crippen LogP contribution in [-0.4, -0.2) is 128 Å². The topological polar surface area (TPSA) is 217 Å². The highest BCUT2D eigenvalue weighted by Gasteiger charge is 2.43. The van der Waals surface area contributed by atoms with E-state index < -0.39 is 42.1 Å². The number of carbonyl (C=O) groups is 6. The van der Waals surface area contributed by atoms with Crippen LogP contribution in [0.15, 0.2) is 77.5 Å². The number of halogens is 2. The van der Waals surface area contributed by atoms with Crippen LogP contribution in [0, 0.1) is 17.7 Å². The van der Waals surface area contributed by atoms with E-state index in [9.17, 15) is 33.2 Å². The standard InChI is InChI=1S/C26H35BrN6O3.C26H35FN6O3/c2*1-17(28-2)24(34)31-23(18-8-4-3-5-9-18)26(36)32-15-7-12-21(32)25(35)30-22-13-14-29-33(22)20-11-6-10-19(27)16-20/h2*6,10-11,13-14,16-18,21,23,28H,3-5,7-9,12,15H2,1-2H3,(H,30,35)(H,31,34)/t2*17-,21-,23-/m00/s1. The van der Waals surface area contributed by atoms with Crippen molar-refractivity contribution in [1.82, 2.24) is 50.6 Å². The molecule has 20 heteroatoms. The third kappa shape index (κ3) is 13.3. The summed E-state index contributed by atoms with van der Waals surface area (Å²) in [5.74, 6) is -0.670. The highest BCUT2D eigenvalue weighted by atomic mass is 79.9. The van der Waals surface area contributed by atoms with Crippen LogP contribution in [0.2, 0.25) is 0 Å². The Morgan fingerprint density at radius 1 is 0.583 bits per heavy atom. The van der Waals surface area contributed by atoms with Gasteiger partial charge in [0.2, 0.25) is 35.4 Å². The van der Waals surface area contributed by atoms with E-state index in [4.69, 9.17) is 0 Å². The van der Waals surface area contributed by atoms with E-state index >= 15 is 0 Å². The number of nitrogens with zero attached hydrogens (tertiary/aromatic N) is 6. The molecule has 0 radical (unpaired) electrons. The number of hydrogen-bond acceptors (Lipinski definition) is 10. The largest absolute Gasteiger partial charge is 0.343 e. The van der Waals surface area contributed by atoms with Gasteiger partial charge in [-0.1, -0.05) is 66.6 Å². The highest BCUT2D eigenvalue weighted by Crippen LogP contribution is 2.32. The lowest BCUT2D eigenvalue weighted by Crippen LogP contribution is -2.57. The molecule has 2 saturated carbocycles. The van der Waals surface area contributed by atoms with Crippen molar-refractivity contribution >= 4 is 63.0 Å². The van der Waals surface area contributed by atoms with Crippen LogP contribution in [0.1, 0.15) is 104 Å². The molecule has 8 rings (SSSR count). The number of aromatic nitrogens is 4. The summed E-state index contributed by atoms with van der Waals surface area (Å²) in [6.07, 6.45) is 15.7. The maximum Gasteiger partial charge on any atom is 0.248 e. The monoisotopic (exact) mass is 1060 g/mol. The molecule has 18 nitrogen and oxygen atoms in total. The molecule has 2 aromatic heterocycles. The van der Waals surface area contributed by atoms with Crippen LogP contribution in [0.25, 0.3) is 11.4 Å². The van der Waals surface area contributed by atoms with E-state index in [0.29, 0.717) is 49.7 Å². The van der Waals surface area contributed by atoms with Gasteiger partial charge in [-0.25, -0.2) is 13.8 Å². The van der Waals surface area contributed by atoms with Gasteiger partial charge in [0.25, 0.3) is 0 Å². The van der Waals surface area contributed by atoms with Gasteiger partial charge in [-0.3, -0.25) is 28.8 Å². The number of hydrogen-bond donors (Lipinski definition) is 6. The van der Waals surface area contributed by atoms with Crippen molar-refractivity contribution in [3.63, 3.8) is 0 Å². The summed E-state index contributed by atoms with van der Waals surface area (Å²) in [7, 11) is 3.43. The second-order valence-corrected chi connectivity index (χ2v) is 20.3. The first-order valence-electron chi connectivity index (χ1n) is 25.6. The first-order chi connectivity index (χ1) is 34.8. The van der Waals surface area contributed by atoms with Gasteiger partial charge >= 0.3 is 0 Å². The zero-order valence-corrected chi connectivity index (χ0v) is 43.3. The molecule has 6 amide bonds. The SMILES string of the molecule is CN[C@@H](C)C(=O)N[C@H](C(=O)N1CCC[C@H]1C(=O)Nc1ccnn1-c1cccc(Br)c1)C1CCCCC1.CN[C@@H](C)C(=O)N[C@H](C(=O)N1CCC[C@H]1C(=O)Nc1ccnn1-c1cccc(F)c1)C1CCCCC1. The zero-order valence-electron chi connectivity index (χ0n) is 41.7. The van der Waals surface area contributed by atoms with Gasteiger partial charge in [-0.15, -0.1) is 0 Å². The summed E-state index contributed by atoms with van der Waals surface area (Å²) in [5.41, 5.74) is 1.29. The molecule has 4 heterocycles. The van der Waals surface area contributed by atoms with E-state index in [1.165, 1.54) is 23.0 Å². The zero-order chi connectivity index (χ0) is 51.3. The summed E-state index contributed by atoms with van der Waals surface area (Å²) in [5, 5.41) is 26.3. The molecule has 2 aromatic carbocycles. The Kier molecular flexibility index (Phi) is 19.1. The van der Waals surface area contributed by atoms with Crippen LogP contribution in [0.4, 0.5) is 16.0 Å². The van der Waals surface area contributed by atoms with Gasteiger partial charge in [0, 0.05) is 29.7 Å². The van der Waals surface area contributed by atoms with E-state index in [2.05, 4.69) is 58.0 Å². The van der Waals surface area contributed by atoms with Gasteiger partial charge in [0.1, 0.15) is 41.6 Å². The Hall–Kier alpha value is -5.99. The van der Waals surface area contributed by atoms with Crippen molar-refractivity contribution in [3.05, 3.63) is 83.3 Å². The minimum Gasteiger partial charge on any atom is -0.343 e. The van der Waals surface area contributed by atoms with Crippen LogP contribution in [-0.2, 0) is 28.8 Å². The maximum atomic E-state index is 13.8. The normalized spacial score (nSPS) is 20.1. The third-order valence-corrected chi connectivity index (χ3v) is 15.1. The van der Waals surface area contributed by atoms with E-state index in [1.807, 2.05) is 24.3 Å². The lowest BCUT2D eigenvalue weighted by Gasteiger charge is -2.35. The van der Waals surface area contributed by atoms with Crippen LogP contribution < -0.4 is 31.9 Å². The van der Waals surface area contributed by atoms with Crippen molar-refractivity contribution in [2.75, 3.05) is 37.8 Å². The molecule has 6 atom stereocenters. The molecule has 4 fully saturated rings. The molecular weight excluding hydrogens is 988 g/mol. The minimum atomic E-state index is -0.655. The lowest BCUT2D eigenvalue weighted by molar-refractivity contribution is -0.142. The van der Waals surface area contributed by atoms with Crippen LogP contribution in [0.3, 0.4) is 0 Å². The molecule has 4 aromatic rings.